The van der Waals surface area contributed by atoms with Gasteiger partial charge in [0.15, 0.2) is 6.61 Å². The van der Waals surface area contributed by atoms with Crippen molar-refractivity contribution in [2.24, 2.45) is 0 Å². The summed E-state index contributed by atoms with van der Waals surface area (Å²) in [6.07, 6.45) is 0.141. The number of para-hydroxylation sites is 1. The van der Waals surface area contributed by atoms with Gasteiger partial charge in [-0.25, -0.2) is 0 Å². The van der Waals surface area contributed by atoms with E-state index in [4.69, 9.17) is 21.1 Å². The van der Waals surface area contributed by atoms with Gasteiger partial charge in [0, 0.05) is 6.54 Å². The number of carbonyl (C=O) groups excluding carboxylic acids is 1. The van der Waals surface area contributed by atoms with Crippen molar-refractivity contribution in [3.05, 3.63) is 59.1 Å². The summed E-state index contributed by atoms with van der Waals surface area (Å²) < 4.78 is 11.0. The second-order valence-electron chi connectivity index (χ2n) is 5.31. The van der Waals surface area contributed by atoms with Crippen LogP contribution in [0.25, 0.3) is 0 Å². The number of carbonyl (C=O) groups is 1. The molecule has 0 aromatic heterocycles. The van der Waals surface area contributed by atoms with Crippen molar-refractivity contribution in [1.29, 1.82) is 0 Å². The molecule has 0 aliphatic rings. The molecule has 0 radical (unpaired) electrons. The van der Waals surface area contributed by atoms with E-state index >= 15 is 0 Å². The Balaban J connectivity index is 1.77. The van der Waals surface area contributed by atoms with Gasteiger partial charge < -0.3 is 14.8 Å². The van der Waals surface area contributed by atoms with Gasteiger partial charge in [0.25, 0.3) is 5.91 Å². The molecule has 0 bridgehead atoms. The van der Waals surface area contributed by atoms with Crippen molar-refractivity contribution in [3.63, 3.8) is 0 Å². The van der Waals surface area contributed by atoms with E-state index in [1.54, 1.807) is 18.2 Å². The lowest BCUT2D eigenvalue weighted by Crippen LogP contribution is -2.28. The second-order valence-corrected chi connectivity index (χ2v) is 5.71. The maximum absolute atomic E-state index is 11.8. The van der Waals surface area contributed by atoms with E-state index in [2.05, 4.69) is 5.32 Å². The lowest BCUT2D eigenvalue weighted by Gasteiger charge is -2.11. The van der Waals surface area contributed by atoms with E-state index in [1.165, 1.54) is 0 Å². The molecule has 0 atom stereocenters. The van der Waals surface area contributed by atoms with Crippen LogP contribution in [0.2, 0.25) is 5.02 Å². The van der Waals surface area contributed by atoms with Gasteiger partial charge in [0.2, 0.25) is 0 Å². The van der Waals surface area contributed by atoms with Crippen LogP contribution in [0.4, 0.5) is 0 Å². The fourth-order valence-corrected chi connectivity index (χ4v) is 2.11. The lowest BCUT2D eigenvalue weighted by atomic mass is 10.2. The monoisotopic (exact) mass is 333 g/mol. The largest absolute Gasteiger partial charge is 0.491 e. The normalized spacial score (nSPS) is 10.4. The van der Waals surface area contributed by atoms with Crippen molar-refractivity contribution in [1.82, 2.24) is 5.32 Å². The number of nitrogens with one attached hydrogen (secondary N) is 1. The van der Waals surface area contributed by atoms with Crippen LogP contribution in [-0.2, 0) is 11.3 Å². The molecular weight excluding hydrogens is 314 g/mol. The smallest absolute Gasteiger partial charge is 0.258 e. The van der Waals surface area contributed by atoms with Gasteiger partial charge in [-0.3, -0.25) is 4.79 Å². The maximum Gasteiger partial charge on any atom is 0.258 e. The molecule has 0 aliphatic heterocycles. The highest BCUT2D eigenvalue weighted by Gasteiger charge is 2.05. The Morgan fingerprint density at radius 2 is 1.83 bits per heavy atom. The van der Waals surface area contributed by atoms with Gasteiger partial charge >= 0.3 is 0 Å². The van der Waals surface area contributed by atoms with Crippen molar-refractivity contribution in [2.75, 3.05) is 6.61 Å². The first kappa shape index (κ1) is 17.2. The van der Waals surface area contributed by atoms with Crippen LogP contribution in [0, 0.1) is 0 Å². The van der Waals surface area contributed by atoms with Gasteiger partial charge in [-0.05, 0) is 43.7 Å². The molecule has 0 aliphatic carbocycles. The Morgan fingerprint density at radius 3 is 2.48 bits per heavy atom. The molecule has 2 aromatic rings. The van der Waals surface area contributed by atoms with Crippen LogP contribution < -0.4 is 14.8 Å². The zero-order valence-corrected chi connectivity index (χ0v) is 14.0. The number of rotatable bonds is 7. The Bertz CT molecular complexity index is 641. The average molecular weight is 334 g/mol. The number of benzene rings is 2. The van der Waals surface area contributed by atoms with Crippen LogP contribution in [0.1, 0.15) is 19.4 Å². The predicted octanol–water partition coefficient (Wildman–Crippen LogP) is 3.82. The Morgan fingerprint density at radius 1 is 1.13 bits per heavy atom. The summed E-state index contributed by atoms with van der Waals surface area (Å²) in [5.74, 6) is 1.11. The molecule has 5 heteroatoms. The third-order valence-corrected chi connectivity index (χ3v) is 3.29. The van der Waals surface area contributed by atoms with Crippen molar-refractivity contribution < 1.29 is 14.3 Å². The summed E-state index contributed by atoms with van der Waals surface area (Å²) in [6, 6.07) is 14.7. The second kappa shape index (κ2) is 8.44. The standard InChI is InChI=1S/C18H20ClNO3/c1-13(2)23-15-9-7-14(8-10-15)11-20-18(21)12-22-17-6-4-3-5-16(17)19/h3-10,13H,11-12H2,1-2H3,(H,20,21). The highest BCUT2D eigenvalue weighted by atomic mass is 35.5. The molecule has 0 fully saturated rings. The molecule has 0 saturated carbocycles. The molecule has 1 N–H and O–H groups in total. The summed E-state index contributed by atoms with van der Waals surface area (Å²) in [6.45, 7) is 4.32. The molecule has 122 valence electrons. The Hall–Kier alpha value is -2.20. The zero-order valence-electron chi connectivity index (χ0n) is 13.2. The molecule has 0 saturated heterocycles. The molecular formula is C18H20ClNO3. The average Bonchev–Trinajstić information content (AvgIpc) is 2.53. The minimum absolute atomic E-state index is 0.0712. The predicted molar refractivity (Wildman–Crippen MR) is 91.0 cm³/mol. The highest BCUT2D eigenvalue weighted by molar-refractivity contribution is 6.32. The molecule has 0 unspecified atom stereocenters. The molecule has 23 heavy (non-hydrogen) atoms. The molecule has 2 rings (SSSR count). The molecule has 0 heterocycles. The minimum atomic E-state index is -0.201. The van der Waals surface area contributed by atoms with Crippen LogP contribution >= 0.6 is 11.6 Å². The summed E-state index contributed by atoms with van der Waals surface area (Å²) >= 11 is 5.96. The van der Waals surface area contributed by atoms with E-state index < -0.39 is 0 Å². The number of hydrogen-bond donors (Lipinski definition) is 1. The van der Waals surface area contributed by atoms with Gasteiger partial charge in [0.05, 0.1) is 11.1 Å². The van der Waals surface area contributed by atoms with Gasteiger partial charge in [0.1, 0.15) is 11.5 Å². The molecule has 1 amide bonds. The van der Waals surface area contributed by atoms with Crippen LogP contribution in [0.5, 0.6) is 11.5 Å². The molecule has 0 spiro atoms. The van der Waals surface area contributed by atoms with E-state index in [9.17, 15) is 4.79 Å². The van der Waals surface area contributed by atoms with Crippen molar-refractivity contribution in [3.8, 4) is 11.5 Å². The first-order valence-corrected chi connectivity index (χ1v) is 7.82. The van der Waals surface area contributed by atoms with E-state index in [0.717, 1.165) is 11.3 Å². The Kier molecular flexibility index (Phi) is 6.29. The molecule has 4 nitrogen and oxygen atoms in total. The fourth-order valence-electron chi connectivity index (χ4n) is 1.91. The molecule has 2 aromatic carbocycles. The lowest BCUT2D eigenvalue weighted by molar-refractivity contribution is -0.123. The third kappa shape index (κ3) is 5.83. The zero-order chi connectivity index (χ0) is 16.7. The van der Waals surface area contributed by atoms with Gasteiger partial charge in [-0.1, -0.05) is 35.9 Å². The topological polar surface area (TPSA) is 47.6 Å². The third-order valence-electron chi connectivity index (χ3n) is 2.98. The quantitative estimate of drug-likeness (QED) is 0.837. The maximum atomic E-state index is 11.8. The number of ether oxygens (including phenoxy) is 2. The van der Waals surface area contributed by atoms with Gasteiger partial charge in [-0.2, -0.15) is 0 Å². The highest BCUT2D eigenvalue weighted by Crippen LogP contribution is 2.22. The summed E-state index contributed by atoms with van der Waals surface area (Å²) in [4.78, 5) is 11.8. The minimum Gasteiger partial charge on any atom is -0.491 e. The van der Waals surface area contributed by atoms with Crippen molar-refractivity contribution in [2.45, 2.75) is 26.5 Å². The van der Waals surface area contributed by atoms with Crippen LogP contribution in [-0.4, -0.2) is 18.6 Å². The van der Waals surface area contributed by atoms with Crippen molar-refractivity contribution >= 4 is 17.5 Å². The Labute approximate surface area is 141 Å². The van der Waals surface area contributed by atoms with Crippen LogP contribution in [0.3, 0.4) is 0 Å². The van der Waals surface area contributed by atoms with E-state index in [-0.39, 0.29) is 18.6 Å². The summed E-state index contributed by atoms with van der Waals surface area (Å²) in [7, 11) is 0. The SMILES string of the molecule is CC(C)Oc1ccc(CNC(=O)COc2ccccc2Cl)cc1. The van der Waals surface area contributed by atoms with Gasteiger partial charge in [-0.15, -0.1) is 0 Å². The fraction of sp³-hybridized carbons (Fsp3) is 0.278. The van der Waals surface area contributed by atoms with E-state index in [0.29, 0.717) is 17.3 Å². The number of hydrogen-bond acceptors (Lipinski definition) is 3. The summed E-state index contributed by atoms with van der Waals surface area (Å²) in [5, 5.41) is 3.29. The number of halogens is 1. The van der Waals surface area contributed by atoms with Crippen LogP contribution in [0.15, 0.2) is 48.5 Å². The first-order valence-electron chi connectivity index (χ1n) is 7.44. The first-order chi connectivity index (χ1) is 11.0. The number of amides is 1. The summed E-state index contributed by atoms with van der Waals surface area (Å²) in [5.41, 5.74) is 0.993. The van der Waals surface area contributed by atoms with E-state index in [1.807, 2.05) is 44.2 Å².